The first kappa shape index (κ1) is 16.7. The number of ether oxygens (including phenoxy) is 1. The first-order valence-electron chi connectivity index (χ1n) is 6.92. The Labute approximate surface area is 119 Å². The van der Waals surface area contributed by atoms with Crippen molar-refractivity contribution in [2.24, 2.45) is 0 Å². The molecule has 1 heterocycles. The number of carboxylic acid groups (broad SMARTS) is 1. The Morgan fingerprint density at radius 2 is 2.20 bits per heavy atom. The summed E-state index contributed by atoms with van der Waals surface area (Å²) in [4.78, 5) is 26.4. The topological polar surface area (TPSA) is 82.1 Å². The number of carbonyl (C=O) groups excluding carboxylic acids is 1. The highest BCUT2D eigenvalue weighted by Gasteiger charge is 2.26. The van der Waals surface area contributed by atoms with Crippen molar-refractivity contribution in [2.45, 2.75) is 31.9 Å². The Hall–Kier alpha value is -1.34. The summed E-state index contributed by atoms with van der Waals surface area (Å²) in [6.45, 7) is 4.10. The van der Waals surface area contributed by atoms with E-state index in [1.807, 2.05) is 21.0 Å². The summed E-state index contributed by atoms with van der Waals surface area (Å²) in [5.41, 5.74) is 0. The fourth-order valence-electron chi connectivity index (χ4n) is 2.05. The third-order valence-electron chi connectivity index (χ3n) is 3.21. The number of carboxylic acids is 1. The van der Waals surface area contributed by atoms with Gasteiger partial charge in [0.05, 0.1) is 19.1 Å². The smallest absolute Gasteiger partial charge is 0.317 e. The third-order valence-corrected chi connectivity index (χ3v) is 3.21. The molecule has 2 unspecified atom stereocenters. The molecule has 1 saturated heterocycles. The van der Waals surface area contributed by atoms with Crippen molar-refractivity contribution in [3.8, 4) is 0 Å². The predicted octanol–water partition coefficient (Wildman–Crippen LogP) is 0.212. The van der Waals surface area contributed by atoms with Gasteiger partial charge in [0, 0.05) is 19.1 Å². The van der Waals surface area contributed by atoms with Crippen LogP contribution in [0.5, 0.6) is 0 Å². The molecular weight excluding hydrogens is 262 g/mol. The lowest BCUT2D eigenvalue weighted by molar-refractivity contribution is -0.141. The molecule has 1 aliphatic rings. The van der Waals surface area contributed by atoms with E-state index >= 15 is 0 Å². The van der Waals surface area contributed by atoms with Gasteiger partial charge in [0.1, 0.15) is 0 Å². The first-order valence-corrected chi connectivity index (χ1v) is 6.92. The fraction of sp³-hybridized carbons (Fsp3) is 0.846. The molecule has 0 aromatic heterocycles. The quantitative estimate of drug-likeness (QED) is 0.730. The molecular formula is C13H25N3O4. The van der Waals surface area contributed by atoms with Crippen LogP contribution in [-0.4, -0.2) is 79.4 Å². The van der Waals surface area contributed by atoms with Crippen LogP contribution in [-0.2, 0) is 9.53 Å². The molecule has 7 nitrogen and oxygen atoms in total. The van der Waals surface area contributed by atoms with Crippen LogP contribution in [0.1, 0.15) is 19.8 Å². The number of hydrogen-bond donors (Lipinski definition) is 2. The number of aliphatic carboxylic acids is 1. The fourth-order valence-corrected chi connectivity index (χ4v) is 2.05. The highest BCUT2D eigenvalue weighted by molar-refractivity contribution is 5.75. The van der Waals surface area contributed by atoms with Crippen LogP contribution < -0.4 is 5.32 Å². The standard InChI is InChI=1S/C13H25N3O4/c1-10(4-5-15(2)3)14-13(19)16-6-7-20-11(9-16)8-12(17)18/h10-11H,4-9H2,1-3H3,(H,14,19)(H,17,18). The highest BCUT2D eigenvalue weighted by Crippen LogP contribution is 2.09. The molecule has 20 heavy (non-hydrogen) atoms. The van der Waals surface area contributed by atoms with Crippen LogP contribution in [0.15, 0.2) is 0 Å². The molecule has 0 saturated carbocycles. The molecule has 0 aromatic carbocycles. The molecule has 0 spiro atoms. The zero-order valence-corrected chi connectivity index (χ0v) is 12.5. The van der Waals surface area contributed by atoms with Crippen molar-refractivity contribution >= 4 is 12.0 Å². The van der Waals surface area contributed by atoms with Gasteiger partial charge in [-0.2, -0.15) is 0 Å². The number of amides is 2. The molecule has 116 valence electrons. The lowest BCUT2D eigenvalue weighted by Gasteiger charge is -2.33. The largest absolute Gasteiger partial charge is 0.481 e. The summed E-state index contributed by atoms with van der Waals surface area (Å²) in [6.07, 6.45) is 0.394. The normalized spacial score (nSPS) is 20.8. The minimum atomic E-state index is -0.906. The van der Waals surface area contributed by atoms with Crippen molar-refractivity contribution in [2.75, 3.05) is 40.3 Å². The van der Waals surface area contributed by atoms with Crippen LogP contribution in [0.4, 0.5) is 4.79 Å². The van der Waals surface area contributed by atoms with Gasteiger partial charge in [-0.05, 0) is 34.0 Å². The van der Waals surface area contributed by atoms with E-state index in [2.05, 4.69) is 10.2 Å². The Balaban J connectivity index is 2.36. The molecule has 0 radical (unpaired) electrons. The number of urea groups is 1. The second-order valence-electron chi connectivity index (χ2n) is 5.48. The van der Waals surface area contributed by atoms with E-state index in [0.29, 0.717) is 19.7 Å². The van der Waals surface area contributed by atoms with Gasteiger partial charge in [0.15, 0.2) is 0 Å². The number of carbonyl (C=O) groups is 2. The number of nitrogens with zero attached hydrogens (tertiary/aromatic N) is 2. The zero-order valence-electron chi connectivity index (χ0n) is 12.5. The molecule has 0 bridgehead atoms. The monoisotopic (exact) mass is 287 g/mol. The summed E-state index contributed by atoms with van der Waals surface area (Å²) in [5.74, 6) is -0.906. The number of rotatable bonds is 6. The first-order chi connectivity index (χ1) is 9.38. The Morgan fingerprint density at radius 1 is 1.50 bits per heavy atom. The Bertz CT molecular complexity index is 336. The van der Waals surface area contributed by atoms with Gasteiger partial charge in [-0.3, -0.25) is 4.79 Å². The minimum Gasteiger partial charge on any atom is -0.481 e. The maximum Gasteiger partial charge on any atom is 0.317 e. The van der Waals surface area contributed by atoms with Crippen molar-refractivity contribution in [3.05, 3.63) is 0 Å². The van der Waals surface area contributed by atoms with Gasteiger partial charge in [-0.25, -0.2) is 4.79 Å². The Kier molecular flexibility index (Phi) is 6.74. The van der Waals surface area contributed by atoms with Gasteiger partial charge in [0.2, 0.25) is 0 Å². The number of morpholine rings is 1. The van der Waals surface area contributed by atoms with Gasteiger partial charge in [0.25, 0.3) is 0 Å². The molecule has 2 N–H and O–H groups in total. The summed E-state index contributed by atoms with van der Waals surface area (Å²) in [7, 11) is 3.99. The van der Waals surface area contributed by atoms with Gasteiger partial charge < -0.3 is 25.0 Å². The summed E-state index contributed by atoms with van der Waals surface area (Å²) < 4.78 is 5.34. The molecule has 7 heteroatoms. The van der Waals surface area contributed by atoms with E-state index in [1.54, 1.807) is 4.90 Å². The maximum absolute atomic E-state index is 12.1. The molecule has 2 amide bonds. The SMILES string of the molecule is CC(CCN(C)C)NC(=O)N1CCOC(CC(=O)O)C1. The summed E-state index contributed by atoms with van der Waals surface area (Å²) in [5, 5.41) is 11.7. The second kappa shape index (κ2) is 8.06. The van der Waals surface area contributed by atoms with Gasteiger partial charge >= 0.3 is 12.0 Å². The second-order valence-corrected chi connectivity index (χ2v) is 5.48. The van der Waals surface area contributed by atoms with Crippen LogP contribution in [0.3, 0.4) is 0 Å². The maximum atomic E-state index is 12.1. The van der Waals surface area contributed by atoms with Crippen LogP contribution in [0.2, 0.25) is 0 Å². The van der Waals surface area contributed by atoms with Crippen LogP contribution >= 0.6 is 0 Å². The third kappa shape index (κ3) is 6.21. The van der Waals surface area contributed by atoms with Crippen LogP contribution in [0, 0.1) is 0 Å². The van der Waals surface area contributed by atoms with Crippen molar-refractivity contribution < 1.29 is 19.4 Å². The Morgan fingerprint density at radius 3 is 2.80 bits per heavy atom. The van der Waals surface area contributed by atoms with Gasteiger partial charge in [-0.15, -0.1) is 0 Å². The van der Waals surface area contributed by atoms with Gasteiger partial charge in [-0.1, -0.05) is 0 Å². The number of hydrogen-bond acceptors (Lipinski definition) is 4. The van der Waals surface area contributed by atoms with E-state index in [-0.39, 0.29) is 18.5 Å². The highest BCUT2D eigenvalue weighted by atomic mass is 16.5. The van der Waals surface area contributed by atoms with E-state index in [4.69, 9.17) is 9.84 Å². The number of nitrogens with one attached hydrogen (secondary N) is 1. The summed E-state index contributed by atoms with van der Waals surface area (Å²) in [6, 6.07) is -0.0550. The molecule has 1 fully saturated rings. The average molecular weight is 287 g/mol. The van der Waals surface area contributed by atoms with E-state index in [1.165, 1.54) is 0 Å². The molecule has 1 rings (SSSR count). The molecule has 1 aliphatic heterocycles. The van der Waals surface area contributed by atoms with Crippen molar-refractivity contribution in [1.29, 1.82) is 0 Å². The van der Waals surface area contributed by atoms with E-state index in [0.717, 1.165) is 13.0 Å². The average Bonchev–Trinajstić information content (AvgIpc) is 2.36. The van der Waals surface area contributed by atoms with E-state index in [9.17, 15) is 9.59 Å². The lowest BCUT2D eigenvalue weighted by atomic mass is 10.2. The van der Waals surface area contributed by atoms with Crippen molar-refractivity contribution in [1.82, 2.24) is 15.1 Å². The molecule has 0 aromatic rings. The predicted molar refractivity (Wildman–Crippen MR) is 74.7 cm³/mol. The zero-order chi connectivity index (χ0) is 15.1. The van der Waals surface area contributed by atoms with E-state index < -0.39 is 12.1 Å². The summed E-state index contributed by atoms with van der Waals surface area (Å²) >= 11 is 0. The molecule has 0 aliphatic carbocycles. The minimum absolute atomic E-state index is 0.0695. The van der Waals surface area contributed by atoms with Crippen LogP contribution in [0.25, 0.3) is 0 Å². The molecule has 2 atom stereocenters. The lowest BCUT2D eigenvalue weighted by Crippen LogP contribution is -2.52. The van der Waals surface area contributed by atoms with Crippen molar-refractivity contribution in [3.63, 3.8) is 0 Å².